The molecule has 142 valence electrons. The zero-order chi connectivity index (χ0) is 19.2. The van der Waals surface area contributed by atoms with Crippen LogP contribution in [0.25, 0.3) is 10.9 Å². The molecule has 0 saturated carbocycles. The zero-order valence-electron chi connectivity index (χ0n) is 16.4. The van der Waals surface area contributed by atoms with Gasteiger partial charge in [-0.2, -0.15) is 0 Å². The highest BCUT2D eigenvalue weighted by atomic mass is 16.2. The predicted octanol–water partition coefficient (Wildman–Crippen LogP) is 3.55. The lowest BCUT2D eigenvalue weighted by Gasteiger charge is -2.46. The largest absolute Gasteiger partial charge is 0.338 e. The van der Waals surface area contributed by atoms with E-state index in [9.17, 15) is 9.59 Å². The summed E-state index contributed by atoms with van der Waals surface area (Å²) in [5.41, 5.74) is 1.90. The second kappa shape index (κ2) is 6.63. The van der Waals surface area contributed by atoms with Crippen molar-refractivity contribution < 1.29 is 9.59 Å². The van der Waals surface area contributed by atoms with E-state index in [1.165, 1.54) is 0 Å². The Morgan fingerprint density at radius 1 is 1.15 bits per heavy atom. The molecule has 2 amide bonds. The molecule has 2 aliphatic heterocycles. The Balaban J connectivity index is 1.76. The quantitative estimate of drug-likeness (QED) is 0.818. The third-order valence-electron chi connectivity index (χ3n) is 6.13. The number of nitrogens with zero attached hydrogens (tertiary/aromatic N) is 3. The third-order valence-corrected chi connectivity index (χ3v) is 6.13. The number of hydrogen-bond acceptors (Lipinski definition) is 3. The Kier molecular flexibility index (Phi) is 4.41. The average Bonchev–Trinajstić information content (AvgIpc) is 3.07. The van der Waals surface area contributed by atoms with Gasteiger partial charge in [0.05, 0.1) is 11.1 Å². The molecule has 2 aromatic rings. The minimum absolute atomic E-state index is 0.0375. The van der Waals surface area contributed by atoms with Crippen LogP contribution in [-0.2, 0) is 4.79 Å². The minimum Gasteiger partial charge on any atom is -0.338 e. The maximum atomic E-state index is 13.6. The number of rotatable bonds is 2. The summed E-state index contributed by atoms with van der Waals surface area (Å²) >= 11 is 0. The van der Waals surface area contributed by atoms with Gasteiger partial charge in [-0.3, -0.25) is 14.6 Å². The van der Waals surface area contributed by atoms with Gasteiger partial charge < -0.3 is 9.80 Å². The zero-order valence-corrected chi connectivity index (χ0v) is 16.4. The van der Waals surface area contributed by atoms with Crippen LogP contribution in [0, 0.1) is 6.92 Å². The maximum Gasteiger partial charge on any atom is 0.255 e. The van der Waals surface area contributed by atoms with E-state index in [2.05, 4.69) is 18.8 Å². The molecule has 0 N–H and O–H groups in total. The van der Waals surface area contributed by atoms with Crippen molar-refractivity contribution in [1.29, 1.82) is 0 Å². The lowest BCUT2D eigenvalue weighted by Crippen LogP contribution is -2.62. The summed E-state index contributed by atoms with van der Waals surface area (Å²) in [7, 11) is 0. The third kappa shape index (κ3) is 2.80. The summed E-state index contributed by atoms with van der Waals surface area (Å²) in [6.45, 7) is 7.56. The van der Waals surface area contributed by atoms with Crippen LogP contribution in [0.5, 0.6) is 0 Å². The Morgan fingerprint density at radius 3 is 2.63 bits per heavy atom. The van der Waals surface area contributed by atoms with Crippen LogP contribution in [0.1, 0.15) is 55.5 Å². The van der Waals surface area contributed by atoms with Crippen molar-refractivity contribution in [2.24, 2.45) is 0 Å². The van der Waals surface area contributed by atoms with Crippen molar-refractivity contribution in [1.82, 2.24) is 14.8 Å². The summed E-state index contributed by atoms with van der Waals surface area (Å²) in [6.07, 6.45) is 5.05. The molecule has 5 nitrogen and oxygen atoms in total. The average molecular weight is 365 g/mol. The molecular formula is C22H27N3O2. The number of aromatic nitrogens is 1. The van der Waals surface area contributed by atoms with E-state index in [0.29, 0.717) is 12.1 Å². The van der Waals surface area contributed by atoms with Gasteiger partial charge in [0.1, 0.15) is 5.54 Å². The molecule has 3 heterocycles. The molecule has 0 aliphatic carbocycles. The van der Waals surface area contributed by atoms with E-state index < -0.39 is 5.54 Å². The van der Waals surface area contributed by atoms with Crippen molar-refractivity contribution in [2.75, 3.05) is 13.1 Å². The normalized spacial score (nSPS) is 23.0. The standard InChI is InChI=1S/C22H27N3O2/c1-15(2)24-12-4-9-22(21(24)27)10-5-13-25(22)20(26)17-8-11-23-19-7-6-16(3)14-18(17)19/h6-8,11,14-15H,4-5,9-10,12-13H2,1-3H3. The first kappa shape index (κ1) is 18.0. The number of amides is 2. The number of benzene rings is 1. The lowest BCUT2D eigenvalue weighted by molar-refractivity contribution is -0.147. The first-order valence-corrected chi connectivity index (χ1v) is 9.92. The number of likely N-dealkylation sites (tertiary alicyclic amines) is 2. The number of fused-ring (bicyclic) bond motifs is 1. The predicted molar refractivity (Wildman–Crippen MR) is 106 cm³/mol. The van der Waals surface area contributed by atoms with Crippen LogP contribution in [0.3, 0.4) is 0 Å². The Bertz CT molecular complexity index is 908. The molecular weight excluding hydrogens is 338 g/mol. The van der Waals surface area contributed by atoms with Crippen molar-refractivity contribution in [2.45, 2.75) is 58.0 Å². The molecule has 2 saturated heterocycles. The van der Waals surface area contributed by atoms with Crippen LogP contribution in [0.15, 0.2) is 30.5 Å². The van der Waals surface area contributed by atoms with Gasteiger partial charge in [0.25, 0.3) is 5.91 Å². The molecule has 1 aromatic carbocycles. The Hall–Kier alpha value is -2.43. The number of pyridine rings is 1. The highest BCUT2D eigenvalue weighted by Gasteiger charge is 2.53. The number of piperidine rings is 1. The number of aryl methyl sites for hydroxylation is 1. The van der Waals surface area contributed by atoms with Crippen molar-refractivity contribution in [3.05, 3.63) is 41.6 Å². The maximum absolute atomic E-state index is 13.6. The van der Waals surface area contributed by atoms with Crippen molar-refractivity contribution in [3.63, 3.8) is 0 Å². The van der Waals surface area contributed by atoms with E-state index in [1.807, 2.05) is 34.9 Å². The molecule has 2 fully saturated rings. The van der Waals surface area contributed by atoms with E-state index in [1.54, 1.807) is 12.3 Å². The van der Waals surface area contributed by atoms with Gasteiger partial charge >= 0.3 is 0 Å². The molecule has 1 unspecified atom stereocenters. The summed E-state index contributed by atoms with van der Waals surface area (Å²) in [5.74, 6) is 0.0913. The van der Waals surface area contributed by atoms with E-state index >= 15 is 0 Å². The van der Waals surface area contributed by atoms with Gasteiger partial charge in [-0.15, -0.1) is 0 Å². The molecule has 0 radical (unpaired) electrons. The summed E-state index contributed by atoms with van der Waals surface area (Å²) < 4.78 is 0. The van der Waals surface area contributed by atoms with E-state index in [0.717, 1.165) is 48.7 Å². The highest BCUT2D eigenvalue weighted by Crippen LogP contribution is 2.40. The fourth-order valence-electron chi connectivity index (χ4n) is 4.76. The van der Waals surface area contributed by atoms with Crippen LogP contribution in [-0.4, -0.2) is 51.3 Å². The number of hydrogen-bond donors (Lipinski definition) is 0. The monoisotopic (exact) mass is 365 g/mol. The molecule has 4 rings (SSSR count). The highest BCUT2D eigenvalue weighted by molar-refractivity contribution is 6.08. The second-order valence-corrected chi connectivity index (χ2v) is 8.17. The summed E-state index contributed by atoms with van der Waals surface area (Å²) in [4.78, 5) is 35.2. The molecule has 1 atom stereocenters. The second-order valence-electron chi connectivity index (χ2n) is 8.17. The summed E-state index contributed by atoms with van der Waals surface area (Å²) in [6, 6.07) is 7.93. The number of carbonyl (C=O) groups excluding carboxylic acids is 2. The Labute approximate surface area is 160 Å². The van der Waals surface area contributed by atoms with E-state index in [4.69, 9.17) is 0 Å². The molecule has 0 bridgehead atoms. The topological polar surface area (TPSA) is 53.5 Å². The Morgan fingerprint density at radius 2 is 1.89 bits per heavy atom. The van der Waals surface area contributed by atoms with Gasteiger partial charge in [0.2, 0.25) is 5.91 Å². The van der Waals surface area contributed by atoms with Gasteiger partial charge in [-0.25, -0.2) is 0 Å². The van der Waals surface area contributed by atoms with E-state index in [-0.39, 0.29) is 17.9 Å². The summed E-state index contributed by atoms with van der Waals surface area (Å²) in [5, 5.41) is 0.869. The van der Waals surface area contributed by atoms with Gasteiger partial charge in [-0.05, 0) is 64.7 Å². The van der Waals surface area contributed by atoms with Gasteiger partial charge in [-0.1, -0.05) is 11.6 Å². The smallest absolute Gasteiger partial charge is 0.255 e. The van der Waals surface area contributed by atoms with Crippen LogP contribution in [0.2, 0.25) is 0 Å². The number of carbonyl (C=O) groups is 2. The van der Waals surface area contributed by atoms with Crippen LogP contribution in [0.4, 0.5) is 0 Å². The molecule has 5 heteroatoms. The van der Waals surface area contributed by atoms with Crippen LogP contribution >= 0.6 is 0 Å². The van der Waals surface area contributed by atoms with Crippen molar-refractivity contribution in [3.8, 4) is 0 Å². The lowest BCUT2D eigenvalue weighted by atomic mass is 9.84. The first-order valence-electron chi connectivity index (χ1n) is 9.92. The first-order chi connectivity index (χ1) is 12.9. The fourth-order valence-corrected chi connectivity index (χ4v) is 4.76. The molecule has 27 heavy (non-hydrogen) atoms. The molecule has 1 aromatic heterocycles. The van der Waals surface area contributed by atoms with Crippen LogP contribution < -0.4 is 0 Å². The fraction of sp³-hybridized carbons (Fsp3) is 0.500. The SMILES string of the molecule is Cc1ccc2nccc(C(=O)N3CCCC34CCCN(C(C)C)C4=O)c2c1. The minimum atomic E-state index is -0.668. The molecule has 2 aliphatic rings. The van der Waals surface area contributed by atoms with Crippen molar-refractivity contribution >= 4 is 22.7 Å². The van der Waals surface area contributed by atoms with Gasteiger partial charge in [0.15, 0.2) is 0 Å². The van der Waals surface area contributed by atoms with Gasteiger partial charge in [0, 0.05) is 30.7 Å². The molecule has 1 spiro atoms.